The number of amides is 1. The summed E-state index contributed by atoms with van der Waals surface area (Å²) in [5, 5.41) is 0. The molecule has 0 radical (unpaired) electrons. The second kappa shape index (κ2) is 9.56. The zero-order valence-corrected chi connectivity index (χ0v) is 17.6. The van der Waals surface area contributed by atoms with Crippen LogP contribution in [0.1, 0.15) is 25.3 Å². The minimum absolute atomic E-state index is 0.122. The molecule has 1 fully saturated rings. The summed E-state index contributed by atoms with van der Waals surface area (Å²) in [5.41, 5.74) is 3.01. The summed E-state index contributed by atoms with van der Waals surface area (Å²) in [6.45, 7) is 7.10. The van der Waals surface area contributed by atoms with Crippen LogP contribution in [-0.4, -0.2) is 17.4 Å². The van der Waals surface area contributed by atoms with Gasteiger partial charge >= 0.3 is 0 Å². The van der Waals surface area contributed by atoms with Gasteiger partial charge < -0.3 is 9.64 Å². The van der Waals surface area contributed by atoms with Gasteiger partial charge in [0.05, 0.1) is 0 Å². The molecule has 1 heterocycles. The third kappa shape index (κ3) is 5.23. The van der Waals surface area contributed by atoms with Gasteiger partial charge in [-0.25, -0.2) is 0 Å². The molecule has 144 valence electrons. The Morgan fingerprint density at radius 2 is 1.82 bits per heavy atom. The molecule has 1 amide bonds. The molecule has 0 saturated carbocycles. The van der Waals surface area contributed by atoms with Crippen LogP contribution in [0.5, 0.6) is 11.5 Å². The van der Waals surface area contributed by atoms with E-state index in [0.29, 0.717) is 6.54 Å². The lowest BCUT2D eigenvalue weighted by Gasteiger charge is -2.16. The Bertz CT molecular complexity index is 898. The van der Waals surface area contributed by atoms with E-state index in [-0.39, 0.29) is 5.91 Å². The smallest absolute Gasteiger partial charge is 0.250 e. The molecule has 3 nitrogen and oxygen atoms in total. The van der Waals surface area contributed by atoms with Crippen LogP contribution in [0, 0.1) is 0 Å². The molecule has 28 heavy (non-hydrogen) atoms. The Hall–Kier alpha value is -2.59. The quantitative estimate of drug-likeness (QED) is 0.371. The van der Waals surface area contributed by atoms with Crippen LogP contribution in [0.3, 0.4) is 0 Å². The Morgan fingerprint density at radius 1 is 1.14 bits per heavy atom. The Kier molecular flexibility index (Phi) is 6.88. The number of para-hydroxylation sites is 1. The van der Waals surface area contributed by atoms with Crippen molar-refractivity contribution in [3.8, 4) is 11.5 Å². The second-order valence-corrected chi connectivity index (χ2v) is 7.80. The molecule has 0 unspecified atom stereocenters. The number of carbonyl (C=O) groups is 1. The number of nitrogens with zero attached hydrogens (tertiary/aromatic N) is 1. The lowest BCUT2D eigenvalue weighted by molar-refractivity contribution is -0.125. The maximum atomic E-state index is 12.8. The molecule has 1 aliphatic rings. The fraction of sp³-hybridized carbons (Fsp3) is 0.208. The molecule has 1 aliphatic heterocycles. The maximum Gasteiger partial charge on any atom is 0.250 e. The van der Waals surface area contributed by atoms with Crippen LogP contribution in [0.4, 0.5) is 0 Å². The minimum Gasteiger partial charge on any atom is -0.457 e. The number of allylic oxidation sites excluding steroid dienone is 4. The monoisotopic (exact) mass is 437 g/mol. The predicted octanol–water partition coefficient (Wildman–Crippen LogP) is 6.38. The van der Waals surface area contributed by atoms with Gasteiger partial charge in [-0.3, -0.25) is 4.79 Å². The number of hydrogen-bond donors (Lipinski definition) is 0. The van der Waals surface area contributed by atoms with E-state index in [1.807, 2.05) is 78.6 Å². The molecule has 0 spiro atoms. The summed E-state index contributed by atoms with van der Waals surface area (Å²) < 4.78 is 6.86. The molecule has 0 aromatic heterocycles. The largest absolute Gasteiger partial charge is 0.457 e. The lowest BCUT2D eigenvalue weighted by Crippen LogP contribution is -2.24. The van der Waals surface area contributed by atoms with Gasteiger partial charge in [0.25, 0.3) is 0 Å². The van der Waals surface area contributed by atoms with Crippen molar-refractivity contribution in [2.75, 3.05) is 6.54 Å². The van der Waals surface area contributed by atoms with Crippen LogP contribution >= 0.6 is 15.9 Å². The third-order valence-electron chi connectivity index (χ3n) is 4.64. The van der Waals surface area contributed by atoms with Crippen LogP contribution in [0.25, 0.3) is 0 Å². The van der Waals surface area contributed by atoms with Gasteiger partial charge in [0.15, 0.2) is 0 Å². The average Bonchev–Trinajstić information content (AvgIpc) is 3.05. The fourth-order valence-corrected chi connectivity index (χ4v) is 3.76. The molecule has 2 aromatic carbocycles. The van der Waals surface area contributed by atoms with E-state index in [1.54, 1.807) is 0 Å². The van der Waals surface area contributed by atoms with E-state index in [1.165, 1.54) is 0 Å². The number of hydrogen-bond acceptors (Lipinski definition) is 2. The van der Waals surface area contributed by atoms with Gasteiger partial charge in [-0.2, -0.15) is 0 Å². The number of halogens is 1. The topological polar surface area (TPSA) is 29.5 Å². The first-order valence-corrected chi connectivity index (χ1v) is 10.1. The van der Waals surface area contributed by atoms with E-state index in [9.17, 15) is 4.79 Å². The number of likely N-dealkylation sites (tertiary alicyclic amines) is 1. The predicted molar refractivity (Wildman–Crippen MR) is 118 cm³/mol. The lowest BCUT2D eigenvalue weighted by atomic mass is 10.1. The van der Waals surface area contributed by atoms with Gasteiger partial charge in [0, 0.05) is 18.7 Å². The van der Waals surface area contributed by atoms with E-state index >= 15 is 0 Å². The highest BCUT2D eigenvalue weighted by molar-refractivity contribution is 9.11. The first-order valence-electron chi connectivity index (χ1n) is 9.34. The number of carbonyl (C=O) groups excluding carboxylic acids is 1. The summed E-state index contributed by atoms with van der Waals surface area (Å²) in [6.07, 6.45) is 5.41. The van der Waals surface area contributed by atoms with E-state index < -0.39 is 0 Å². The third-order valence-corrected chi connectivity index (χ3v) is 5.19. The molecule has 3 rings (SSSR count). The first kappa shape index (κ1) is 20.2. The molecule has 2 aromatic rings. The van der Waals surface area contributed by atoms with Crippen molar-refractivity contribution < 1.29 is 9.53 Å². The van der Waals surface area contributed by atoms with Crippen molar-refractivity contribution in [3.63, 3.8) is 0 Å². The zero-order valence-electron chi connectivity index (χ0n) is 16.0. The number of rotatable bonds is 7. The van der Waals surface area contributed by atoms with E-state index in [0.717, 1.165) is 52.1 Å². The molecule has 0 atom stereocenters. The first-order chi connectivity index (χ1) is 13.6. The molecule has 4 heteroatoms. The van der Waals surface area contributed by atoms with Crippen molar-refractivity contribution >= 4 is 21.8 Å². The summed E-state index contributed by atoms with van der Waals surface area (Å²) in [7, 11) is 0. The highest BCUT2D eigenvalue weighted by Crippen LogP contribution is 2.26. The van der Waals surface area contributed by atoms with Crippen LogP contribution < -0.4 is 4.74 Å². The molecule has 1 saturated heterocycles. The standard InChI is InChI=1S/C24H24BrNO2/c1-3-7-20(25)16-18(2)23-14-15-26(24(23)27)17-19-10-12-22(13-11-19)28-21-8-5-4-6-9-21/h3-6,8-13,16H,1,7,14-15,17H2,2H3/b20-16+,23-18+. The van der Waals surface area contributed by atoms with Crippen molar-refractivity contribution in [1.82, 2.24) is 4.90 Å². The van der Waals surface area contributed by atoms with Crippen LogP contribution in [0.15, 0.2) is 89.0 Å². The summed E-state index contributed by atoms with van der Waals surface area (Å²) >= 11 is 3.52. The molecule has 0 bridgehead atoms. The maximum absolute atomic E-state index is 12.8. The van der Waals surface area contributed by atoms with Crippen LogP contribution in [-0.2, 0) is 11.3 Å². The molecule has 0 aliphatic carbocycles. The van der Waals surface area contributed by atoms with Crippen molar-refractivity contribution in [1.29, 1.82) is 0 Å². The molecular formula is C24H24BrNO2. The summed E-state index contributed by atoms with van der Waals surface area (Å²) in [4.78, 5) is 14.7. The number of benzene rings is 2. The zero-order chi connectivity index (χ0) is 19.9. The van der Waals surface area contributed by atoms with Gasteiger partial charge in [0.2, 0.25) is 5.91 Å². The Labute approximate surface area is 175 Å². The van der Waals surface area contributed by atoms with Crippen LogP contribution in [0.2, 0.25) is 0 Å². The van der Waals surface area contributed by atoms with Gasteiger partial charge in [-0.15, -0.1) is 6.58 Å². The van der Waals surface area contributed by atoms with Crippen molar-refractivity contribution in [2.45, 2.75) is 26.3 Å². The molecule has 0 N–H and O–H groups in total. The van der Waals surface area contributed by atoms with Crippen molar-refractivity contribution in [2.24, 2.45) is 0 Å². The normalized spacial score (nSPS) is 16.3. The Morgan fingerprint density at radius 3 is 2.50 bits per heavy atom. The summed E-state index contributed by atoms with van der Waals surface area (Å²) in [5.74, 6) is 1.72. The second-order valence-electron chi connectivity index (χ2n) is 6.78. The molecular weight excluding hydrogens is 414 g/mol. The minimum atomic E-state index is 0.122. The summed E-state index contributed by atoms with van der Waals surface area (Å²) in [6, 6.07) is 17.6. The Balaban J connectivity index is 1.64. The van der Waals surface area contributed by atoms with E-state index in [4.69, 9.17) is 4.74 Å². The van der Waals surface area contributed by atoms with Crippen molar-refractivity contribution in [3.05, 3.63) is 94.5 Å². The number of ether oxygens (including phenoxy) is 1. The average molecular weight is 438 g/mol. The fourth-order valence-electron chi connectivity index (χ4n) is 3.19. The van der Waals surface area contributed by atoms with E-state index in [2.05, 4.69) is 22.5 Å². The highest BCUT2D eigenvalue weighted by atomic mass is 79.9. The SMILES string of the molecule is C=CC/C(Br)=C\C(C)=C1/CCN(Cc2ccc(Oc3ccccc3)cc2)C1=O. The van der Waals surface area contributed by atoms with Gasteiger partial charge in [-0.05, 0) is 65.7 Å². The highest BCUT2D eigenvalue weighted by Gasteiger charge is 2.27. The van der Waals surface area contributed by atoms with Gasteiger partial charge in [0.1, 0.15) is 11.5 Å². The van der Waals surface area contributed by atoms with Gasteiger partial charge in [-0.1, -0.05) is 52.3 Å².